The zero-order valence-electron chi connectivity index (χ0n) is 14.0. The van der Waals surface area contributed by atoms with Crippen molar-refractivity contribution < 1.29 is 19.2 Å². The molecule has 9 nitrogen and oxygen atoms in total. The minimum absolute atomic E-state index is 0.00848. The highest BCUT2D eigenvalue weighted by atomic mass is 32.2. The number of phenols is 1. The van der Waals surface area contributed by atoms with Gasteiger partial charge in [-0.15, -0.1) is 10.2 Å². The van der Waals surface area contributed by atoms with Gasteiger partial charge in [-0.2, -0.15) is 0 Å². The van der Waals surface area contributed by atoms with E-state index in [-0.39, 0.29) is 28.5 Å². The second kappa shape index (κ2) is 7.87. The maximum atomic E-state index is 12.3. The van der Waals surface area contributed by atoms with E-state index in [2.05, 4.69) is 15.5 Å². The highest BCUT2D eigenvalue weighted by Gasteiger charge is 2.20. The molecular weight excluding hydrogens is 372 g/mol. The van der Waals surface area contributed by atoms with Crippen molar-refractivity contribution in [3.63, 3.8) is 0 Å². The van der Waals surface area contributed by atoms with Crippen molar-refractivity contribution in [2.45, 2.75) is 17.4 Å². The predicted octanol–water partition coefficient (Wildman–Crippen LogP) is 3.47. The van der Waals surface area contributed by atoms with Crippen molar-refractivity contribution in [1.29, 1.82) is 0 Å². The molecule has 0 saturated heterocycles. The molecule has 0 aliphatic heterocycles. The van der Waals surface area contributed by atoms with Gasteiger partial charge < -0.3 is 14.8 Å². The first-order chi connectivity index (χ1) is 12.9. The Morgan fingerprint density at radius 3 is 2.78 bits per heavy atom. The van der Waals surface area contributed by atoms with Gasteiger partial charge in [0.15, 0.2) is 0 Å². The van der Waals surface area contributed by atoms with E-state index in [1.54, 1.807) is 31.2 Å². The number of carbonyl (C=O) groups is 1. The van der Waals surface area contributed by atoms with Crippen molar-refractivity contribution in [3.05, 3.63) is 58.6 Å². The summed E-state index contributed by atoms with van der Waals surface area (Å²) in [4.78, 5) is 22.6. The van der Waals surface area contributed by atoms with Crippen LogP contribution in [0.1, 0.15) is 6.92 Å². The standard InChI is InChI=1S/C17H14N4O5S/c1-10(15(23)18-11-5-4-6-12(9-11)21(24)25)27-17-20-19-16(26-17)13-7-2-3-8-14(13)22/h2-10,22H,1H3,(H,18,23)/t10-/m0/s1. The average Bonchev–Trinajstić information content (AvgIpc) is 3.10. The summed E-state index contributed by atoms with van der Waals surface area (Å²) in [6, 6.07) is 12.2. The van der Waals surface area contributed by atoms with Crippen LogP contribution in [0.25, 0.3) is 11.5 Å². The summed E-state index contributed by atoms with van der Waals surface area (Å²) < 4.78 is 5.48. The Kier molecular flexibility index (Phi) is 5.36. The summed E-state index contributed by atoms with van der Waals surface area (Å²) >= 11 is 1.03. The van der Waals surface area contributed by atoms with Gasteiger partial charge in [0.2, 0.25) is 5.91 Å². The smallest absolute Gasteiger partial charge is 0.277 e. The number of para-hydroxylation sites is 1. The minimum atomic E-state index is -0.595. The van der Waals surface area contributed by atoms with E-state index in [9.17, 15) is 20.0 Å². The van der Waals surface area contributed by atoms with Crippen LogP contribution in [0.4, 0.5) is 11.4 Å². The number of hydrogen-bond acceptors (Lipinski definition) is 8. The maximum Gasteiger partial charge on any atom is 0.277 e. The summed E-state index contributed by atoms with van der Waals surface area (Å²) in [5.41, 5.74) is 0.602. The Morgan fingerprint density at radius 2 is 2.04 bits per heavy atom. The Bertz CT molecular complexity index is 991. The molecule has 3 rings (SSSR count). The number of anilines is 1. The number of nitro benzene ring substituents is 1. The van der Waals surface area contributed by atoms with Crippen LogP contribution in [-0.2, 0) is 4.79 Å². The molecule has 1 amide bonds. The molecule has 0 aliphatic carbocycles. The molecule has 138 valence electrons. The van der Waals surface area contributed by atoms with Crippen molar-refractivity contribution in [2.24, 2.45) is 0 Å². The van der Waals surface area contributed by atoms with Gasteiger partial charge in [-0.3, -0.25) is 14.9 Å². The monoisotopic (exact) mass is 386 g/mol. The Labute approximate surface area is 157 Å². The van der Waals surface area contributed by atoms with Gasteiger partial charge in [0.25, 0.3) is 16.8 Å². The second-order valence-electron chi connectivity index (χ2n) is 5.45. The van der Waals surface area contributed by atoms with Crippen LogP contribution >= 0.6 is 11.8 Å². The van der Waals surface area contributed by atoms with Crippen LogP contribution in [0.5, 0.6) is 5.75 Å². The Morgan fingerprint density at radius 1 is 1.26 bits per heavy atom. The van der Waals surface area contributed by atoms with Crippen LogP contribution in [0.15, 0.2) is 58.2 Å². The minimum Gasteiger partial charge on any atom is -0.507 e. The number of amides is 1. The molecule has 0 saturated carbocycles. The number of carbonyl (C=O) groups excluding carboxylic acids is 1. The Balaban J connectivity index is 1.66. The fourth-order valence-electron chi connectivity index (χ4n) is 2.17. The van der Waals surface area contributed by atoms with Crippen LogP contribution in [0.3, 0.4) is 0 Å². The topological polar surface area (TPSA) is 131 Å². The molecule has 1 aromatic heterocycles. The molecule has 1 atom stereocenters. The quantitative estimate of drug-likeness (QED) is 0.374. The van der Waals surface area contributed by atoms with Crippen molar-refractivity contribution in [1.82, 2.24) is 10.2 Å². The zero-order chi connectivity index (χ0) is 19.4. The number of nitrogens with zero attached hydrogens (tertiary/aromatic N) is 3. The lowest BCUT2D eigenvalue weighted by molar-refractivity contribution is -0.384. The van der Waals surface area contributed by atoms with Crippen LogP contribution < -0.4 is 5.32 Å². The van der Waals surface area contributed by atoms with Gasteiger partial charge in [0.1, 0.15) is 5.75 Å². The molecule has 3 aromatic rings. The van der Waals surface area contributed by atoms with Gasteiger partial charge in [-0.25, -0.2) is 0 Å². The summed E-state index contributed by atoms with van der Waals surface area (Å²) in [6.45, 7) is 1.64. The molecule has 1 heterocycles. The largest absolute Gasteiger partial charge is 0.507 e. The van der Waals surface area contributed by atoms with Crippen LogP contribution in [-0.4, -0.2) is 31.4 Å². The summed E-state index contributed by atoms with van der Waals surface area (Å²) in [5.74, 6) is -0.223. The molecule has 2 N–H and O–H groups in total. The molecular formula is C17H14N4O5S. The highest BCUT2D eigenvalue weighted by Crippen LogP contribution is 2.31. The Hall–Kier alpha value is -3.40. The van der Waals surface area contributed by atoms with Crippen molar-refractivity contribution >= 4 is 29.0 Å². The van der Waals surface area contributed by atoms with Crippen LogP contribution in [0, 0.1) is 10.1 Å². The molecule has 2 aromatic carbocycles. The first-order valence-electron chi connectivity index (χ1n) is 7.78. The maximum absolute atomic E-state index is 12.3. The average molecular weight is 386 g/mol. The van der Waals surface area contributed by atoms with E-state index < -0.39 is 10.2 Å². The number of non-ortho nitro benzene ring substituents is 1. The molecule has 0 unspecified atom stereocenters. The van der Waals surface area contributed by atoms with Gasteiger partial charge in [0, 0.05) is 17.8 Å². The van der Waals surface area contributed by atoms with E-state index in [0.717, 1.165) is 11.8 Å². The number of rotatable bonds is 6. The van der Waals surface area contributed by atoms with E-state index in [1.807, 2.05) is 0 Å². The van der Waals surface area contributed by atoms with E-state index in [0.29, 0.717) is 11.3 Å². The first kappa shape index (κ1) is 18.4. The molecule has 0 aliphatic rings. The SMILES string of the molecule is C[C@H](Sc1nnc(-c2ccccc2O)o1)C(=O)Nc1cccc([N+](=O)[O-])c1. The number of thioether (sulfide) groups is 1. The van der Waals surface area contributed by atoms with Crippen molar-refractivity contribution in [2.75, 3.05) is 5.32 Å². The summed E-state index contributed by atoms with van der Waals surface area (Å²) in [6.07, 6.45) is 0. The molecule has 0 fully saturated rings. The fourth-order valence-corrected chi connectivity index (χ4v) is 2.85. The molecule has 0 bridgehead atoms. The van der Waals surface area contributed by atoms with Gasteiger partial charge in [-0.1, -0.05) is 30.0 Å². The third kappa shape index (κ3) is 4.42. The lowest BCUT2D eigenvalue weighted by atomic mass is 10.2. The zero-order valence-corrected chi connectivity index (χ0v) is 14.8. The number of aromatic hydroxyl groups is 1. The number of hydrogen-bond donors (Lipinski definition) is 2. The first-order valence-corrected chi connectivity index (χ1v) is 8.66. The molecule has 0 spiro atoms. The van der Waals surface area contributed by atoms with E-state index in [4.69, 9.17) is 4.42 Å². The van der Waals surface area contributed by atoms with E-state index >= 15 is 0 Å². The lowest BCUT2D eigenvalue weighted by Crippen LogP contribution is -2.22. The number of nitro groups is 1. The number of nitrogens with one attached hydrogen (secondary N) is 1. The summed E-state index contributed by atoms with van der Waals surface area (Å²) in [5, 5.41) is 30.5. The summed E-state index contributed by atoms with van der Waals surface area (Å²) in [7, 11) is 0. The van der Waals surface area contributed by atoms with Gasteiger partial charge >= 0.3 is 0 Å². The highest BCUT2D eigenvalue weighted by molar-refractivity contribution is 8.00. The normalized spacial score (nSPS) is 11.7. The molecule has 27 heavy (non-hydrogen) atoms. The van der Waals surface area contributed by atoms with Crippen molar-refractivity contribution in [3.8, 4) is 17.2 Å². The predicted molar refractivity (Wildman–Crippen MR) is 98.4 cm³/mol. The molecule has 0 radical (unpaired) electrons. The van der Waals surface area contributed by atoms with Gasteiger partial charge in [0.05, 0.1) is 15.7 Å². The third-order valence-corrected chi connectivity index (χ3v) is 4.45. The fraction of sp³-hybridized carbons (Fsp3) is 0.118. The lowest BCUT2D eigenvalue weighted by Gasteiger charge is -2.09. The molecule has 10 heteroatoms. The number of phenolic OH excluding ortho intramolecular Hbond substituents is 1. The third-order valence-electron chi connectivity index (χ3n) is 3.51. The number of benzene rings is 2. The van der Waals surface area contributed by atoms with E-state index in [1.165, 1.54) is 24.3 Å². The second-order valence-corrected chi connectivity index (χ2v) is 6.74. The van der Waals surface area contributed by atoms with Crippen LogP contribution in [0.2, 0.25) is 0 Å². The number of aromatic nitrogens is 2. The van der Waals surface area contributed by atoms with Gasteiger partial charge in [-0.05, 0) is 25.1 Å².